The third-order valence-electron chi connectivity index (χ3n) is 2.91. The smallest absolute Gasteiger partial charge is 0.187 e. The molecule has 3 nitrogen and oxygen atoms in total. The average Bonchev–Trinajstić information content (AvgIpc) is 2.97. The lowest BCUT2D eigenvalue weighted by molar-refractivity contribution is 1.38. The van der Waals surface area contributed by atoms with Crippen LogP contribution in [0.25, 0.3) is 11.3 Å². The van der Waals surface area contributed by atoms with E-state index in [1.165, 1.54) is 0 Å². The molecule has 0 spiro atoms. The summed E-state index contributed by atoms with van der Waals surface area (Å²) in [5.74, 6) is 0. The van der Waals surface area contributed by atoms with Crippen LogP contribution in [0.5, 0.6) is 0 Å². The van der Waals surface area contributed by atoms with Crippen molar-refractivity contribution >= 4 is 39.8 Å². The molecular formula is C16H15N3S2. The van der Waals surface area contributed by atoms with Gasteiger partial charge in [-0.3, -0.25) is 0 Å². The predicted octanol–water partition coefficient (Wildman–Crippen LogP) is 5.24. The van der Waals surface area contributed by atoms with Crippen LogP contribution < -0.4 is 10.0 Å². The molecule has 1 aromatic heterocycles. The summed E-state index contributed by atoms with van der Waals surface area (Å²) >= 11 is 3.20. The van der Waals surface area contributed by atoms with Crippen LogP contribution in [0.4, 0.5) is 16.5 Å². The van der Waals surface area contributed by atoms with Crippen molar-refractivity contribution in [1.29, 1.82) is 0 Å². The van der Waals surface area contributed by atoms with Gasteiger partial charge < -0.3 is 10.0 Å². The summed E-state index contributed by atoms with van der Waals surface area (Å²) in [5, 5.41) is 6.30. The van der Waals surface area contributed by atoms with Gasteiger partial charge in [0.25, 0.3) is 0 Å². The van der Waals surface area contributed by atoms with Crippen molar-refractivity contribution < 1.29 is 0 Å². The first-order valence-corrected chi connectivity index (χ1v) is 8.62. The molecule has 5 heteroatoms. The highest BCUT2D eigenvalue weighted by Crippen LogP contribution is 2.28. The van der Waals surface area contributed by atoms with Crippen LogP contribution in [-0.4, -0.2) is 11.2 Å². The molecule has 0 saturated carbocycles. The SMILES string of the molecule is CSNc1cccc(-c2csc(Nc3ccccc3)n2)c1. The average molecular weight is 313 g/mol. The van der Waals surface area contributed by atoms with Crippen molar-refractivity contribution in [2.45, 2.75) is 0 Å². The van der Waals surface area contributed by atoms with E-state index < -0.39 is 0 Å². The standard InChI is InChI=1S/C16H15N3S2/c1-20-19-14-9-5-6-12(10-14)15-11-21-16(18-15)17-13-7-3-2-4-8-13/h2-11,19H,1H3,(H,17,18). The molecule has 0 unspecified atom stereocenters. The van der Waals surface area contributed by atoms with Crippen molar-refractivity contribution in [2.75, 3.05) is 16.3 Å². The van der Waals surface area contributed by atoms with E-state index in [0.717, 1.165) is 27.8 Å². The van der Waals surface area contributed by atoms with E-state index in [1.54, 1.807) is 23.3 Å². The number of para-hydroxylation sites is 1. The van der Waals surface area contributed by atoms with E-state index in [9.17, 15) is 0 Å². The zero-order chi connectivity index (χ0) is 14.5. The Balaban J connectivity index is 1.80. The Morgan fingerprint density at radius 1 is 1.00 bits per heavy atom. The normalized spacial score (nSPS) is 10.3. The van der Waals surface area contributed by atoms with Gasteiger partial charge in [-0.2, -0.15) is 0 Å². The van der Waals surface area contributed by atoms with Crippen molar-refractivity contribution in [2.24, 2.45) is 0 Å². The largest absolute Gasteiger partial charge is 0.332 e. The Kier molecular flexibility index (Phi) is 4.43. The number of benzene rings is 2. The summed E-state index contributed by atoms with van der Waals surface area (Å²) in [6, 6.07) is 18.4. The van der Waals surface area contributed by atoms with Crippen LogP contribution >= 0.6 is 23.3 Å². The topological polar surface area (TPSA) is 37.0 Å². The predicted molar refractivity (Wildman–Crippen MR) is 94.4 cm³/mol. The fraction of sp³-hybridized carbons (Fsp3) is 0.0625. The Labute approximate surface area is 132 Å². The lowest BCUT2D eigenvalue weighted by Crippen LogP contribution is -1.89. The second-order valence-corrected chi connectivity index (χ2v) is 5.89. The van der Waals surface area contributed by atoms with E-state index >= 15 is 0 Å². The van der Waals surface area contributed by atoms with Gasteiger partial charge in [-0.05, 0) is 24.3 Å². The number of anilines is 3. The minimum Gasteiger partial charge on any atom is -0.332 e. The van der Waals surface area contributed by atoms with E-state index in [1.807, 2.05) is 42.7 Å². The van der Waals surface area contributed by atoms with Crippen molar-refractivity contribution in [3.05, 3.63) is 60.0 Å². The molecule has 2 N–H and O–H groups in total. The van der Waals surface area contributed by atoms with Crippen LogP contribution in [0.15, 0.2) is 60.0 Å². The minimum absolute atomic E-state index is 0.902. The van der Waals surface area contributed by atoms with Gasteiger partial charge >= 0.3 is 0 Å². The van der Waals surface area contributed by atoms with Crippen LogP contribution in [0.3, 0.4) is 0 Å². The highest BCUT2D eigenvalue weighted by molar-refractivity contribution is 7.99. The quantitative estimate of drug-likeness (QED) is 0.631. The maximum atomic E-state index is 4.65. The second kappa shape index (κ2) is 6.65. The molecule has 2 aromatic carbocycles. The summed E-state index contributed by atoms with van der Waals surface area (Å²) in [7, 11) is 0. The maximum Gasteiger partial charge on any atom is 0.187 e. The second-order valence-electron chi connectivity index (χ2n) is 4.42. The zero-order valence-electron chi connectivity index (χ0n) is 11.5. The number of thiazole rings is 1. The summed E-state index contributed by atoms with van der Waals surface area (Å²) in [5.41, 5.74) is 4.25. The van der Waals surface area contributed by atoms with Gasteiger partial charge in [-0.1, -0.05) is 42.3 Å². The van der Waals surface area contributed by atoms with E-state index in [4.69, 9.17) is 0 Å². The number of nitrogens with one attached hydrogen (secondary N) is 2. The Morgan fingerprint density at radius 2 is 1.81 bits per heavy atom. The molecule has 3 rings (SSSR count). The molecular weight excluding hydrogens is 298 g/mol. The first-order valence-electron chi connectivity index (χ1n) is 6.52. The fourth-order valence-electron chi connectivity index (χ4n) is 1.97. The van der Waals surface area contributed by atoms with E-state index in [-0.39, 0.29) is 0 Å². The number of hydrogen-bond acceptors (Lipinski definition) is 5. The minimum atomic E-state index is 0.902. The van der Waals surface area contributed by atoms with Gasteiger partial charge in [0.1, 0.15) is 0 Å². The van der Waals surface area contributed by atoms with Gasteiger partial charge in [-0.25, -0.2) is 4.98 Å². The zero-order valence-corrected chi connectivity index (χ0v) is 13.2. The van der Waals surface area contributed by atoms with Crippen molar-refractivity contribution in [3.63, 3.8) is 0 Å². The van der Waals surface area contributed by atoms with Crippen LogP contribution in [0.2, 0.25) is 0 Å². The van der Waals surface area contributed by atoms with Crippen LogP contribution in [0, 0.1) is 0 Å². The molecule has 1 heterocycles. The van der Waals surface area contributed by atoms with Gasteiger partial charge in [0.2, 0.25) is 0 Å². The molecule has 0 aliphatic carbocycles. The first-order chi connectivity index (χ1) is 10.3. The number of hydrogen-bond donors (Lipinski definition) is 2. The highest BCUT2D eigenvalue weighted by atomic mass is 32.2. The fourth-order valence-corrected chi connectivity index (χ4v) is 3.07. The summed E-state index contributed by atoms with van der Waals surface area (Å²) in [4.78, 5) is 4.65. The molecule has 0 amide bonds. The molecule has 0 aliphatic rings. The molecule has 3 aromatic rings. The van der Waals surface area contributed by atoms with Gasteiger partial charge in [0.15, 0.2) is 5.13 Å². The molecule has 0 radical (unpaired) electrons. The summed E-state index contributed by atoms with van der Waals surface area (Å²) in [6.45, 7) is 0. The van der Waals surface area contributed by atoms with E-state index in [0.29, 0.717) is 0 Å². The molecule has 0 bridgehead atoms. The third-order valence-corrected chi connectivity index (χ3v) is 4.11. The Morgan fingerprint density at radius 3 is 2.62 bits per heavy atom. The van der Waals surface area contributed by atoms with Gasteiger partial charge in [0, 0.05) is 28.6 Å². The third kappa shape index (κ3) is 3.56. The van der Waals surface area contributed by atoms with Crippen LogP contribution in [0.1, 0.15) is 0 Å². The monoisotopic (exact) mass is 313 g/mol. The lowest BCUT2D eigenvalue weighted by Gasteiger charge is -2.04. The Hall–Kier alpha value is -1.98. The maximum absolute atomic E-state index is 4.65. The Bertz CT molecular complexity index is 710. The van der Waals surface area contributed by atoms with Crippen LogP contribution in [-0.2, 0) is 0 Å². The molecule has 0 atom stereocenters. The molecule has 21 heavy (non-hydrogen) atoms. The van der Waals surface area contributed by atoms with Crippen molar-refractivity contribution in [1.82, 2.24) is 4.98 Å². The van der Waals surface area contributed by atoms with Crippen molar-refractivity contribution in [3.8, 4) is 11.3 Å². The molecule has 0 aliphatic heterocycles. The number of rotatable bonds is 5. The summed E-state index contributed by atoms with van der Waals surface area (Å²) in [6.07, 6.45) is 2.01. The van der Waals surface area contributed by atoms with E-state index in [2.05, 4.69) is 38.6 Å². The first kappa shape index (κ1) is 14.0. The lowest BCUT2D eigenvalue weighted by atomic mass is 10.1. The number of nitrogens with zero attached hydrogens (tertiary/aromatic N) is 1. The molecule has 106 valence electrons. The summed E-state index contributed by atoms with van der Waals surface area (Å²) < 4.78 is 3.24. The highest BCUT2D eigenvalue weighted by Gasteiger charge is 2.05. The molecule has 0 saturated heterocycles. The number of aromatic nitrogens is 1. The molecule has 0 fully saturated rings. The van der Waals surface area contributed by atoms with Gasteiger partial charge in [-0.15, -0.1) is 11.3 Å². The van der Waals surface area contributed by atoms with Gasteiger partial charge in [0.05, 0.1) is 5.69 Å².